The molecule has 128 valence electrons. The van der Waals surface area contributed by atoms with Crippen molar-refractivity contribution in [2.45, 2.75) is 39.0 Å². The second-order valence-electron chi connectivity index (χ2n) is 6.87. The third-order valence-corrected chi connectivity index (χ3v) is 5.30. The maximum absolute atomic E-state index is 12.5. The lowest BCUT2D eigenvalue weighted by molar-refractivity contribution is 0.292. The molecule has 0 unspecified atom stereocenters. The Morgan fingerprint density at radius 3 is 2.09 bits per heavy atom. The molecule has 0 saturated heterocycles. The van der Waals surface area contributed by atoms with Crippen molar-refractivity contribution in [2.24, 2.45) is 17.1 Å². The summed E-state index contributed by atoms with van der Waals surface area (Å²) in [4.78, 5) is 0.338. The number of sulfonamides is 1. The van der Waals surface area contributed by atoms with Crippen molar-refractivity contribution in [3.63, 3.8) is 0 Å². The molecule has 2 N–H and O–H groups in total. The third-order valence-electron chi connectivity index (χ3n) is 3.48. The zero-order valence-corrected chi connectivity index (χ0v) is 15.8. The Hall–Kier alpha value is -0.620. The van der Waals surface area contributed by atoms with E-state index in [2.05, 4.69) is 13.8 Å². The minimum absolute atomic E-state index is 0. The predicted octanol–water partition coefficient (Wildman–Crippen LogP) is 2.91. The van der Waals surface area contributed by atoms with Crippen LogP contribution in [-0.4, -0.2) is 32.9 Å². The first-order valence-electron chi connectivity index (χ1n) is 7.34. The standard InChI is InChI=1S/C16H28N2O2S.ClH/c1-13(2)10-14-6-8-15(9-7-14)21(19,20)18(5)12-16(3,4)11-17;/h6-9,13H,10-12,17H2,1-5H3;1H. The highest BCUT2D eigenvalue weighted by Crippen LogP contribution is 2.21. The summed E-state index contributed by atoms with van der Waals surface area (Å²) in [7, 11) is -1.84. The minimum atomic E-state index is -3.45. The van der Waals surface area contributed by atoms with Crippen LogP contribution in [0, 0.1) is 11.3 Å². The zero-order valence-electron chi connectivity index (χ0n) is 14.2. The second kappa shape index (κ2) is 8.29. The Morgan fingerprint density at radius 1 is 1.18 bits per heavy atom. The molecule has 0 bridgehead atoms. The first kappa shape index (κ1) is 21.4. The molecule has 0 aliphatic heterocycles. The summed E-state index contributed by atoms with van der Waals surface area (Å²) in [5.74, 6) is 0.556. The van der Waals surface area contributed by atoms with Crippen molar-refractivity contribution >= 4 is 22.4 Å². The van der Waals surface area contributed by atoms with Gasteiger partial charge in [0, 0.05) is 13.6 Å². The predicted molar refractivity (Wildman–Crippen MR) is 94.9 cm³/mol. The van der Waals surface area contributed by atoms with E-state index in [0.29, 0.717) is 23.9 Å². The Balaban J connectivity index is 0.00000441. The van der Waals surface area contributed by atoms with E-state index in [0.717, 1.165) is 12.0 Å². The highest BCUT2D eigenvalue weighted by atomic mass is 35.5. The fourth-order valence-corrected chi connectivity index (χ4v) is 3.56. The van der Waals surface area contributed by atoms with Gasteiger partial charge in [0.1, 0.15) is 0 Å². The fraction of sp³-hybridized carbons (Fsp3) is 0.625. The van der Waals surface area contributed by atoms with Crippen LogP contribution in [0.3, 0.4) is 0 Å². The van der Waals surface area contributed by atoms with E-state index in [9.17, 15) is 8.42 Å². The van der Waals surface area contributed by atoms with Gasteiger partial charge in [-0.15, -0.1) is 12.4 Å². The first-order chi connectivity index (χ1) is 9.58. The smallest absolute Gasteiger partial charge is 0.242 e. The summed E-state index contributed by atoms with van der Waals surface area (Å²) >= 11 is 0. The largest absolute Gasteiger partial charge is 0.330 e. The van der Waals surface area contributed by atoms with Crippen LogP contribution in [-0.2, 0) is 16.4 Å². The SMILES string of the molecule is CC(C)Cc1ccc(S(=O)(=O)N(C)CC(C)(C)CN)cc1.Cl. The molecular weight excluding hydrogens is 320 g/mol. The zero-order chi connectivity index (χ0) is 16.3. The Bertz CT molecular complexity index is 554. The number of halogens is 1. The third kappa shape index (κ3) is 5.88. The lowest BCUT2D eigenvalue weighted by Gasteiger charge is -2.28. The summed E-state index contributed by atoms with van der Waals surface area (Å²) in [6.45, 7) is 9.07. The quantitative estimate of drug-likeness (QED) is 0.824. The molecule has 6 heteroatoms. The van der Waals surface area contributed by atoms with Crippen LogP contribution in [0.25, 0.3) is 0 Å². The average Bonchev–Trinajstić information content (AvgIpc) is 2.38. The monoisotopic (exact) mass is 348 g/mol. The summed E-state index contributed by atoms with van der Waals surface area (Å²) in [6, 6.07) is 7.18. The summed E-state index contributed by atoms with van der Waals surface area (Å²) in [5, 5.41) is 0. The molecule has 1 aromatic rings. The van der Waals surface area contributed by atoms with Crippen molar-refractivity contribution in [2.75, 3.05) is 20.1 Å². The van der Waals surface area contributed by atoms with Gasteiger partial charge in [-0.25, -0.2) is 12.7 Å². The van der Waals surface area contributed by atoms with E-state index < -0.39 is 10.0 Å². The number of hydrogen-bond acceptors (Lipinski definition) is 3. The van der Waals surface area contributed by atoms with Crippen LogP contribution in [0.4, 0.5) is 0 Å². The van der Waals surface area contributed by atoms with E-state index >= 15 is 0 Å². The number of nitrogens with two attached hydrogens (primary N) is 1. The van der Waals surface area contributed by atoms with Crippen molar-refractivity contribution < 1.29 is 8.42 Å². The van der Waals surface area contributed by atoms with E-state index in [1.807, 2.05) is 26.0 Å². The Morgan fingerprint density at radius 2 is 1.68 bits per heavy atom. The van der Waals surface area contributed by atoms with E-state index in [1.54, 1.807) is 19.2 Å². The molecule has 0 aliphatic carbocycles. The molecule has 22 heavy (non-hydrogen) atoms. The number of rotatable bonds is 7. The van der Waals surface area contributed by atoms with Crippen molar-refractivity contribution in [1.29, 1.82) is 0 Å². The Kier molecular flexibility index (Phi) is 8.06. The normalized spacial score (nSPS) is 12.5. The maximum atomic E-state index is 12.5. The fourth-order valence-electron chi connectivity index (χ4n) is 2.20. The molecule has 1 aromatic carbocycles. The molecule has 4 nitrogen and oxygen atoms in total. The van der Waals surface area contributed by atoms with Gasteiger partial charge < -0.3 is 5.73 Å². The first-order valence-corrected chi connectivity index (χ1v) is 8.78. The molecule has 0 aromatic heterocycles. The lowest BCUT2D eigenvalue weighted by atomic mass is 9.94. The van der Waals surface area contributed by atoms with Crippen LogP contribution in [0.2, 0.25) is 0 Å². The van der Waals surface area contributed by atoms with Crippen LogP contribution >= 0.6 is 12.4 Å². The van der Waals surface area contributed by atoms with Gasteiger partial charge in [-0.1, -0.05) is 39.8 Å². The van der Waals surface area contributed by atoms with Crippen LogP contribution < -0.4 is 5.73 Å². The number of hydrogen-bond donors (Lipinski definition) is 1. The Labute approximate surface area is 141 Å². The summed E-state index contributed by atoms with van der Waals surface area (Å²) in [5.41, 5.74) is 6.61. The van der Waals surface area contributed by atoms with Gasteiger partial charge in [0.2, 0.25) is 10.0 Å². The summed E-state index contributed by atoms with van der Waals surface area (Å²) < 4.78 is 26.5. The summed E-state index contributed by atoms with van der Waals surface area (Å²) in [6.07, 6.45) is 0.955. The highest BCUT2D eigenvalue weighted by molar-refractivity contribution is 7.89. The van der Waals surface area contributed by atoms with Gasteiger partial charge in [-0.05, 0) is 42.0 Å². The van der Waals surface area contributed by atoms with Gasteiger partial charge in [0.25, 0.3) is 0 Å². The van der Waals surface area contributed by atoms with Gasteiger partial charge in [0.05, 0.1) is 4.90 Å². The molecule has 0 spiro atoms. The molecule has 0 radical (unpaired) electrons. The van der Waals surface area contributed by atoms with E-state index in [1.165, 1.54) is 4.31 Å². The van der Waals surface area contributed by atoms with Crippen LogP contribution in [0.1, 0.15) is 33.3 Å². The molecule has 0 heterocycles. The van der Waals surface area contributed by atoms with Crippen molar-refractivity contribution in [3.05, 3.63) is 29.8 Å². The lowest BCUT2D eigenvalue weighted by Crippen LogP contribution is -2.39. The second-order valence-corrected chi connectivity index (χ2v) is 8.92. The highest BCUT2D eigenvalue weighted by Gasteiger charge is 2.27. The molecule has 0 saturated carbocycles. The van der Waals surface area contributed by atoms with E-state index in [-0.39, 0.29) is 17.8 Å². The number of benzene rings is 1. The van der Waals surface area contributed by atoms with Gasteiger partial charge >= 0.3 is 0 Å². The maximum Gasteiger partial charge on any atom is 0.242 e. The van der Waals surface area contributed by atoms with Crippen molar-refractivity contribution in [1.82, 2.24) is 4.31 Å². The average molecular weight is 349 g/mol. The van der Waals surface area contributed by atoms with Gasteiger partial charge in [-0.3, -0.25) is 0 Å². The molecule has 0 aliphatic rings. The molecular formula is C16H29ClN2O2S. The molecule has 1 rings (SSSR count). The van der Waals surface area contributed by atoms with E-state index in [4.69, 9.17) is 5.73 Å². The molecule has 0 atom stereocenters. The van der Waals surface area contributed by atoms with Crippen LogP contribution in [0.5, 0.6) is 0 Å². The topological polar surface area (TPSA) is 63.4 Å². The molecule has 0 amide bonds. The number of nitrogens with zero attached hydrogens (tertiary/aromatic N) is 1. The van der Waals surface area contributed by atoms with Crippen molar-refractivity contribution in [3.8, 4) is 0 Å². The van der Waals surface area contributed by atoms with Crippen LogP contribution in [0.15, 0.2) is 29.2 Å². The molecule has 0 fully saturated rings. The van der Waals surface area contributed by atoms with Gasteiger partial charge in [-0.2, -0.15) is 0 Å². The van der Waals surface area contributed by atoms with Gasteiger partial charge in [0.15, 0.2) is 0 Å². The minimum Gasteiger partial charge on any atom is -0.330 e.